The highest BCUT2D eigenvalue weighted by Gasteiger charge is 2.19. The third-order valence-corrected chi connectivity index (χ3v) is 4.23. The van der Waals surface area contributed by atoms with Gasteiger partial charge in [0.15, 0.2) is 0 Å². The Kier molecular flexibility index (Phi) is 4.34. The van der Waals surface area contributed by atoms with Gasteiger partial charge in [-0.3, -0.25) is 4.79 Å². The lowest BCUT2D eigenvalue weighted by Gasteiger charge is -2.10. The van der Waals surface area contributed by atoms with E-state index in [0.717, 1.165) is 15.0 Å². The highest BCUT2D eigenvalue weighted by molar-refractivity contribution is 14.1. The van der Waals surface area contributed by atoms with E-state index in [9.17, 15) is 4.79 Å². The van der Waals surface area contributed by atoms with Crippen LogP contribution in [0.15, 0.2) is 34.9 Å². The van der Waals surface area contributed by atoms with Gasteiger partial charge >= 0.3 is 0 Å². The molecule has 2 aromatic heterocycles. The number of halogens is 1. The number of nitrogens with zero attached hydrogens (tertiary/aromatic N) is 2. The van der Waals surface area contributed by atoms with Crippen molar-refractivity contribution >= 4 is 45.3 Å². The van der Waals surface area contributed by atoms with Crippen molar-refractivity contribution in [2.24, 2.45) is 0 Å². The van der Waals surface area contributed by atoms with Crippen molar-refractivity contribution in [2.75, 3.05) is 5.32 Å². The number of carbonyl (C=O) groups excluding carboxylic acids is 1. The summed E-state index contributed by atoms with van der Waals surface area (Å²) < 4.78 is 6.32. The molecule has 1 N–H and O–H groups in total. The molecule has 0 aliphatic rings. The minimum atomic E-state index is -0.187. The van der Waals surface area contributed by atoms with Crippen LogP contribution in [0.4, 0.5) is 5.69 Å². The van der Waals surface area contributed by atoms with Crippen molar-refractivity contribution in [1.29, 1.82) is 0 Å². The van der Waals surface area contributed by atoms with Gasteiger partial charge < -0.3 is 9.84 Å². The first-order chi connectivity index (χ1) is 11.0. The van der Waals surface area contributed by atoms with E-state index in [1.54, 1.807) is 0 Å². The summed E-state index contributed by atoms with van der Waals surface area (Å²) in [5.41, 5.74) is 3.17. The molecule has 0 aliphatic heterocycles. The second-order valence-corrected chi connectivity index (χ2v) is 6.91. The van der Waals surface area contributed by atoms with E-state index in [-0.39, 0.29) is 11.8 Å². The number of aromatic nitrogens is 2. The number of benzene rings is 1. The van der Waals surface area contributed by atoms with Gasteiger partial charge in [-0.05, 0) is 59.7 Å². The molecule has 0 spiro atoms. The molecular weight excluding hydrogens is 405 g/mol. The largest absolute Gasteiger partial charge is 0.336 e. The van der Waals surface area contributed by atoms with Gasteiger partial charge in [0, 0.05) is 15.0 Å². The van der Waals surface area contributed by atoms with E-state index in [0.29, 0.717) is 22.4 Å². The van der Waals surface area contributed by atoms with Gasteiger partial charge in [0.25, 0.3) is 11.6 Å². The number of aryl methyl sites for hydroxylation is 1. The van der Waals surface area contributed by atoms with Gasteiger partial charge in [-0.2, -0.15) is 0 Å². The lowest BCUT2D eigenvalue weighted by Crippen LogP contribution is -2.14. The van der Waals surface area contributed by atoms with Crippen LogP contribution in [0.1, 0.15) is 41.5 Å². The van der Waals surface area contributed by atoms with E-state index in [2.05, 4.69) is 38.0 Å². The number of hydrogen-bond donors (Lipinski definition) is 1. The monoisotopic (exact) mass is 421 g/mol. The Hall–Kier alpha value is -1.96. The first kappa shape index (κ1) is 15.9. The molecule has 0 unspecified atom stereocenters. The standard InChI is InChI=1S/C17H16IN3O2/c1-9(2)14-8-13(15-10(3)21-23-17(15)20-14)16(22)19-12-6-4-5-11(18)7-12/h4-9H,1-3H3,(H,19,22). The SMILES string of the molecule is Cc1noc2nc(C(C)C)cc(C(=O)Nc3cccc(I)c3)c12. The van der Waals surface area contributed by atoms with Crippen LogP contribution >= 0.6 is 22.6 Å². The lowest BCUT2D eigenvalue weighted by atomic mass is 10.0. The van der Waals surface area contributed by atoms with Crippen LogP contribution in [0.3, 0.4) is 0 Å². The van der Waals surface area contributed by atoms with Crippen LogP contribution < -0.4 is 5.32 Å². The van der Waals surface area contributed by atoms with Crippen LogP contribution in [0.25, 0.3) is 11.1 Å². The lowest BCUT2D eigenvalue weighted by molar-refractivity contribution is 0.102. The van der Waals surface area contributed by atoms with Crippen molar-refractivity contribution < 1.29 is 9.32 Å². The Bertz CT molecular complexity index is 887. The molecule has 2 heterocycles. The number of amides is 1. The molecule has 0 saturated carbocycles. The topological polar surface area (TPSA) is 68.0 Å². The summed E-state index contributed by atoms with van der Waals surface area (Å²) in [7, 11) is 0. The Labute approximate surface area is 147 Å². The van der Waals surface area contributed by atoms with E-state index >= 15 is 0 Å². The zero-order valence-corrected chi connectivity index (χ0v) is 15.2. The third kappa shape index (κ3) is 3.21. The molecule has 3 aromatic rings. The molecule has 1 aromatic carbocycles. The van der Waals surface area contributed by atoms with E-state index in [1.807, 2.05) is 51.1 Å². The minimum Gasteiger partial charge on any atom is -0.336 e. The highest BCUT2D eigenvalue weighted by atomic mass is 127. The molecule has 0 bridgehead atoms. The second-order valence-electron chi connectivity index (χ2n) is 5.66. The molecule has 0 atom stereocenters. The molecule has 6 heteroatoms. The van der Waals surface area contributed by atoms with Crippen molar-refractivity contribution in [3.05, 3.63) is 50.9 Å². The number of rotatable bonds is 3. The fraction of sp³-hybridized carbons (Fsp3) is 0.235. The molecule has 0 aliphatic carbocycles. The molecule has 3 rings (SSSR count). The first-order valence-electron chi connectivity index (χ1n) is 7.29. The maximum absolute atomic E-state index is 12.8. The molecular formula is C17H16IN3O2. The van der Waals surface area contributed by atoms with Crippen LogP contribution in [0.2, 0.25) is 0 Å². The van der Waals surface area contributed by atoms with Crippen molar-refractivity contribution in [1.82, 2.24) is 10.1 Å². The predicted molar refractivity (Wildman–Crippen MR) is 97.7 cm³/mol. The van der Waals surface area contributed by atoms with Crippen LogP contribution in [-0.4, -0.2) is 16.0 Å². The Balaban J connectivity index is 2.06. The van der Waals surface area contributed by atoms with Crippen molar-refractivity contribution in [2.45, 2.75) is 26.7 Å². The number of hydrogen-bond acceptors (Lipinski definition) is 4. The zero-order valence-electron chi connectivity index (χ0n) is 13.1. The highest BCUT2D eigenvalue weighted by Crippen LogP contribution is 2.26. The smallest absolute Gasteiger partial charge is 0.259 e. The molecule has 0 fully saturated rings. The molecule has 1 amide bonds. The third-order valence-electron chi connectivity index (χ3n) is 3.56. The van der Waals surface area contributed by atoms with Gasteiger partial charge in [-0.15, -0.1) is 0 Å². The number of pyridine rings is 1. The maximum Gasteiger partial charge on any atom is 0.259 e. The summed E-state index contributed by atoms with van der Waals surface area (Å²) in [5, 5.41) is 7.54. The van der Waals surface area contributed by atoms with Gasteiger partial charge in [-0.25, -0.2) is 4.98 Å². The molecule has 5 nitrogen and oxygen atoms in total. The zero-order chi connectivity index (χ0) is 16.6. The minimum absolute atomic E-state index is 0.187. The van der Waals surface area contributed by atoms with E-state index in [4.69, 9.17) is 4.52 Å². The van der Waals surface area contributed by atoms with E-state index < -0.39 is 0 Å². The Morgan fingerprint density at radius 2 is 2.09 bits per heavy atom. The van der Waals surface area contributed by atoms with E-state index in [1.165, 1.54) is 0 Å². The van der Waals surface area contributed by atoms with Crippen LogP contribution in [0, 0.1) is 10.5 Å². The average molecular weight is 421 g/mol. The number of carbonyl (C=O) groups is 1. The summed E-state index contributed by atoms with van der Waals surface area (Å²) in [5.74, 6) is 0.00151. The summed E-state index contributed by atoms with van der Waals surface area (Å²) in [4.78, 5) is 17.2. The first-order valence-corrected chi connectivity index (χ1v) is 8.37. The predicted octanol–water partition coefficient (Wildman–Crippen LogP) is 4.51. The van der Waals surface area contributed by atoms with Crippen LogP contribution in [-0.2, 0) is 0 Å². The summed E-state index contributed by atoms with van der Waals surface area (Å²) in [6.45, 7) is 5.86. The summed E-state index contributed by atoms with van der Waals surface area (Å²) in [6.07, 6.45) is 0. The van der Waals surface area contributed by atoms with Crippen molar-refractivity contribution in [3.8, 4) is 0 Å². The van der Waals surface area contributed by atoms with Crippen LogP contribution in [0.5, 0.6) is 0 Å². The molecule has 118 valence electrons. The maximum atomic E-state index is 12.8. The summed E-state index contributed by atoms with van der Waals surface area (Å²) in [6, 6.07) is 9.48. The molecule has 0 saturated heterocycles. The fourth-order valence-corrected chi connectivity index (χ4v) is 2.90. The van der Waals surface area contributed by atoms with Crippen molar-refractivity contribution in [3.63, 3.8) is 0 Å². The fourth-order valence-electron chi connectivity index (χ4n) is 2.35. The van der Waals surface area contributed by atoms with Gasteiger partial charge in [-0.1, -0.05) is 25.1 Å². The number of nitrogens with one attached hydrogen (secondary N) is 1. The number of anilines is 1. The second kappa shape index (κ2) is 6.27. The average Bonchev–Trinajstić information content (AvgIpc) is 2.88. The van der Waals surface area contributed by atoms with Gasteiger partial charge in [0.05, 0.1) is 16.6 Å². The Morgan fingerprint density at radius 1 is 1.30 bits per heavy atom. The Morgan fingerprint density at radius 3 is 2.78 bits per heavy atom. The summed E-state index contributed by atoms with van der Waals surface area (Å²) >= 11 is 2.21. The van der Waals surface area contributed by atoms with Gasteiger partial charge in [0.2, 0.25) is 0 Å². The normalized spacial score (nSPS) is 11.2. The quantitative estimate of drug-likeness (QED) is 0.632. The number of fused-ring (bicyclic) bond motifs is 1. The molecule has 0 radical (unpaired) electrons. The van der Waals surface area contributed by atoms with Gasteiger partial charge in [0.1, 0.15) is 0 Å². The molecule has 23 heavy (non-hydrogen) atoms.